The summed E-state index contributed by atoms with van der Waals surface area (Å²) in [5.74, 6) is 0.859. The SMILES string of the molecule is CCSc1ccc(C(=O)Nc2nc3ccc(Cl)cc3s2)cc1. The molecule has 0 saturated carbocycles. The van der Waals surface area contributed by atoms with E-state index in [1.807, 2.05) is 36.4 Å². The van der Waals surface area contributed by atoms with Gasteiger partial charge in [-0.25, -0.2) is 4.98 Å². The van der Waals surface area contributed by atoms with Crippen LogP contribution in [0.3, 0.4) is 0 Å². The van der Waals surface area contributed by atoms with Crippen molar-refractivity contribution in [3.63, 3.8) is 0 Å². The number of hydrogen-bond donors (Lipinski definition) is 1. The van der Waals surface area contributed by atoms with Gasteiger partial charge in [0.2, 0.25) is 0 Å². The Labute approximate surface area is 141 Å². The van der Waals surface area contributed by atoms with Gasteiger partial charge in [0.05, 0.1) is 10.2 Å². The number of rotatable bonds is 4. The maximum absolute atomic E-state index is 12.2. The minimum absolute atomic E-state index is 0.154. The standard InChI is InChI=1S/C16H13ClN2OS2/c1-2-21-12-6-3-10(4-7-12)15(20)19-16-18-13-8-5-11(17)9-14(13)22-16/h3-9H,2H2,1H3,(H,18,19,20). The molecule has 1 N–H and O–H groups in total. The lowest BCUT2D eigenvalue weighted by Gasteiger charge is -2.03. The molecule has 0 aliphatic rings. The summed E-state index contributed by atoms with van der Waals surface area (Å²) in [6.45, 7) is 2.10. The van der Waals surface area contributed by atoms with Crippen LogP contribution in [0.25, 0.3) is 10.2 Å². The van der Waals surface area contributed by atoms with Crippen molar-refractivity contribution in [2.45, 2.75) is 11.8 Å². The predicted octanol–water partition coefficient (Wildman–Crippen LogP) is 5.31. The molecule has 0 unspecified atom stereocenters. The van der Waals surface area contributed by atoms with Crippen LogP contribution in [0.4, 0.5) is 5.13 Å². The molecule has 22 heavy (non-hydrogen) atoms. The maximum atomic E-state index is 12.2. The summed E-state index contributed by atoms with van der Waals surface area (Å²) in [4.78, 5) is 17.8. The molecule has 0 spiro atoms. The smallest absolute Gasteiger partial charge is 0.257 e. The molecule has 1 amide bonds. The number of benzene rings is 2. The molecule has 0 radical (unpaired) electrons. The first kappa shape index (κ1) is 15.3. The van der Waals surface area contributed by atoms with E-state index in [1.54, 1.807) is 17.8 Å². The third-order valence-corrected chi connectivity index (χ3v) is 5.06. The van der Waals surface area contributed by atoms with Crippen LogP contribution in [0, 0.1) is 0 Å². The van der Waals surface area contributed by atoms with E-state index in [1.165, 1.54) is 11.3 Å². The fraction of sp³-hybridized carbons (Fsp3) is 0.125. The zero-order chi connectivity index (χ0) is 15.5. The van der Waals surface area contributed by atoms with Gasteiger partial charge in [0.15, 0.2) is 5.13 Å². The molecular formula is C16H13ClN2OS2. The molecule has 3 aromatic rings. The van der Waals surface area contributed by atoms with Crippen molar-refractivity contribution >= 4 is 56.0 Å². The zero-order valence-electron chi connectivity index (χ0n) is 11.8. The highest BCUT2D eigenvalue weighted by molar-refractivity contribution is 7.99. The number of thiazole rings is 1. The van der Waals surface area contributed by atoms with Gasteiger partial charge in [-0.1, -0.05) is 29.9 Å². The van der Waals surface area contributed by atoms with E-state index in [9.17, 15) is 4.79 Å². The lowest BCUT2D eigenvalue weighted by Crippen LogP contribution is -2.11. The summed E-state index contributed by atoms with van der Waals surface area (Å²) in [5.41, 5.74) is 1.46. The first-order chi connectivity index (χ1) is 10.7. The number of nitrogens with zero attached hydrogens (tertiary/aromatic N) is 1. The molecule has 0 fully saturated rings. The highest BCUT2D eigenvalue weighted by atomic mass is 35.5. The summed E-state index contributed by atoms with van der Waals surface area (Å²) < 4.78 is 0.956. The van der Waals surface area contributed by atoms with E-state index in [2.05, 4.69) is 17.2 Å². The summed E-state index contributed by atoms with van der Waals surface area (Å²) in [6.07, 6.45) is 0. The maximum Gasteiger partial charge on any atom is 0.257 e. The Kier molecular flexibility index (Phi) is 4.66. The lowest BCUT2D eigenvalue weighted by atomic mass is 10.2. The minimum Gasteiger partial charge on any atom is -0.298 e. The number of aromatic nitrogens is 1. The fourth-order valence-corrected chi connectivity index (χ4v) is 3.79. The molecule has 0 saturated heterocycles. The average molecular weight is 349 g/mol. The van der Waals surface area contributed by atoms with Gasteiger partial charge in [0.1, 0.15) is 0 Å². The Morgan fingerprint density at radius 1 is 1.27 bits per heavy atom. The highest BCUT2D eigenvalue weighted by Gasteiger charge is 2.10. The normalized spacial score (nSPS) is 10.8. The second kappa shape index (κ2) is 6.69. The third kappa shape index (κ3) is 3.43. The molecule has 0 aliphatic heterocycles. The molecule has 0 aliphatic carbocycles. The molecule has 1 heterocycles. The van der Waals surface area contributed by atoms with E-state index >= 15 is 0 Å². The van der Waals surface area contributed by atoms with Crippen LogP contribution in [0.15, 0.2) is 47.4 Å². The Morgan fingerprint density at radius 2 is 2.05 bits per heavy atom. The number of thioether (sulfide) groups is 1. The van der Waals surface area contributed by atoms with Crippen molar-refractivity contribution in [1.29, 1.82) is 0 Å². The van der Waals surface area contributed by atoms with Crippen molar-refractivity contribution in [3.8, 4) is 0 Å². The first-order valence-corrected chi connectivity index (χ1v) is 8.94. The number of carbonyl (C=O) groups excluding carboxylic acids is 1. The van der Waals surface area contributed by atoms with Crippen molar-refractivity contribution in [3.05, 3.63) is 53.1 Å². The molecule has 2 aromatic carbocycles. The van der Waals surface area contributed by atoms with E-state index in [0.717, 1.165) is 20.9 Å². The van der Waals surface area contributed by atoms with E-state index in [0.29, 0.717) is 15.7 Å². The molecule has 3 rings (SSSR count). The molecule has 6 heteroatoms. The Morgan fingerprint density at radius 3 is 2.77 bits per heavy atom. The van der Waals surface area contributed by atoms with Gasteiger partial charge in [0, 0.05) is 15.5 Å². The molecular weight excluding hydrogens is 336 g/mol. The van der Waals surface area contributed by atoms with Gasteiger partial charge in [0.25, 0.3) is 5.91 Å². The summed E-state index contributed by atoms with van der Waals surface area (Å²) >= 11 is 9.12. The minimum atomic E-state index is -0.154. The summed E-state index contributed by atoms with van der Waals surface area (Å²) in [5, 5.41) is 4.08. The van der Waals surface area contributed by atoms with Crippen molar-refractivity contribution in [2.75, 3.05) is 11.1 Å². The Hall–Kier alpha value is -1.56. The van der Waals surface area contributed by atoms with Crippen LogP contribution in [0.1, 0.15) is 17.3 Å². The van der Waals surface area contributed by atoms with Crippen LogP contribution in [-0.2, 0) is 0 Å². The van der Waals surface area contributed by atoms with Crippen LogP contribution >= 0.6 is 34.7 Å². The van der Waals surface area contributed by atoms with Gasteiger partial charge >= 0.3 is 0 Å². The summed E-state index contributed by atoms with van der Waals surface area (Å²) in [6, 6.07) is 13.1. The van der Waals surface area contributed by atoms with Crippen molar-refractivity contribution < 1.29 is 4.79 Å². The first-order valence-electron chi connectivity index (χ1n) is 6.76. The molecule has 0 atom stereocenters. The topological polar surface area (TPSA) is 42.0 Å². The van der Waals surface area contributed by atoms with Crippen LogP contribution in [-0.4, -0.2) is 16.6 Å². The Bertz CT molecular complexity index is 815. The van der Waals surface area contributed by atoms with Gasteiger partial charge in [-0.2, -0.15) is 0 Å². The van der Waals surface area contributed by atoms with E-state index in [-0.39, 0.29) is 5.91 Å². The second-order valence-corrected chi connectivity index (χ2v) is 7.35. The number of halogens is 1. The highest BCUT2D eigenvalue weighted by Crippen LogP contribution is 2.28. The molecule has 112 valence electrons. The summed E-state index contributed by atoms with van der Waals surface area (Å²) in [7, 11) is 0. The number of anilines is 1. The van der Waals surface area contributed by atoms with Crippen LogP contribution in [0.5, 0.6) is 0 Å². The predicted molar refractivity (Wildman–Crippen MR) is 95.4 cm³/mol. The van der Waals surface area contributed by atoms with Gasteiger partial charge < -0.3 is 0 Å². The fourth-order valence-electron chi connectivity index (χ4n) is 1.99. The number of fused-ring (bicyclic) bond motifs is 1. The zero-order valence-corrected chi connectivity index (χ0v) is 14.2. The monoisotopic (exact) mass is 348 g/mol. The number of hydrogen-bond acceptors (Lipinski definition) is 4. The van der Waals surface area contributed by atoms with Gasteiger partial charge in [-0.15, -0.1) is 11.8 Å². The number of amides is 1. The Balaban J connectivity index is 1.77. The van der Waals surface area contributed by atoms with Crippen molar-refractivity contribution in [2.24, 2.45) is 0 Å². The van der Waals surface area contributed by atoms with Gasteiger partial charge in [-0.05, 0) is 48.2 Å². The quantitative estimate of drug-likeness (QED) is 0.649. The van der Waals surface area contributed by atoms with Gasteiger partial charge in [-0.3, -0.25) is 10.1 Å². The molecule has 0 bridgehead atoms. The van der Waals surface area contributed by atoms with Crippen LogP contribution < -0.4 is 5.32 Å². The molecule has 1 aromatic heterocycles. The molecule has 3 nitrogen and oxygen atoms in total. The van der Waals surface area contributed by atoms with Crippen LogP contribution in [0.2, 0.25) is 5.02 Å². The second-order valence-electron chi connectivity index (χ2n) is 4.54. The lowest BCUT2D eigenvalue weighted by molar-refractivity contribution is 0.102. The average Bonchev–Trinajstić information content (AvgIpc) is 2.89. The number of carbonyl (C=O) groups is 1. The largest absolute Gasteiger partial charge is 0.298 e. The van der Waals surface area contributed by atoms with E-state index in [4.69, 9.17) is 11.6 Å². The van der Waals surface area contributed by atoms with Crippen molar-refractivity contribution in [1.82, 2.24) is 4.98 Å². The number of nitrogens with one attached hydrogen (secondary N) is 1. The van der Waals surface area contributed by atoms with E-state index < -0.39 is 0 Å². The third-order valence-electron chi connectivity index (χ3n) is 3.00.